The molecule has 13 nitrogen and oxygen atoms in total. The quantitative estimate of drug-likeness (QED) is 0.0970. The number of aromatic nitrogens is 2. The van der Waals surface area contributed by atoms with Crippen molar-refractivity contribution in [1.82, 2.24) is 35.7 Å². The van der Waals surface area contributed by atoms with Crippen molar-refractivity contribution in [1.29, 1.82) is 0 Å². The molecule has 1 aliphatic heterocycles. The van der Waals surface area contributed by atoms with E-state index in [1.54, 1.807) is 18.8 Å². The predicted molar refractivity (Wildman–Crippen MR) is 214 cm³/mol. The highest BCUT2D eigenvalue weighted by Gasteiger charge is 2.27. The van der Waals surface area contributed by atoms with Crippen molar-refractivity contribution < 1.29 is 29.0 Å². The van der Waals surface area contributed by atoms with E-state index in [-0.39, 0.29) is 49.7 Å². The van der Waals surface area contributed by atoms with Gasteiger partial charge in [0.15, 0.2) is 0 Å². The van der Waals surface area contributed by atoms with Gasteiger partial charge in [-0.15, -0.1) is 22.7 Å². The molecule has 4 amide bonds. The van der Waals surface area contributed by atoms with Crippen molar-refractivity contribution in [3.8, 4) is 0 Å². The van der Waals surface area contributed by atoms with Gasteiger partial charge in [0, 0.05) is 56.3 Å². The average molecular weight is 792 g/mol. The highest BCUT2D eigenvalue weighted by atomic mass is 32.1. The molecule has 0 radical (unpaired) electrons. The molecule has 15 heteroatoms. The first-order chi connectivity index (χ1) is 26.7. The second-order valence-corrected chi connectivity index (χ2v) is 15.8. The number of alkyl carbamates (subject to hydrolysis) is 1. The van der Waals surface area contributed by atoms with Gasteiger partial charge in [0.25, 0.3) is 0 Å². The minimum Gasteiger partial charge on any atom is -0.444 e. The van der Waals surface area contributed by atoms with Crippen LogP contribution in [0.4, 0.5) is 9.59 Å². The Morgan fingerprint density at radius 3 is 2.20 bits per heavy atom. The number of aliphatic hydroxyl groups is 1. The molecule has 4 N–H and O–H groups in total. The summed E-state index contributed by atoms with van der Waals surface area (Å²) in [5.74, 6) is -0.345. The smallest absolute Gasteiger partial charge is 0.407 e. The van der Waals surface area contributed by atoms with E-state index >= 15 is 0 Å². The van der Waals surface area contributed by atoms with Crippen molar-refractivity contribution in [2.24, 2.45) is 0 Å². The second-order valence-electron chi connectivity index (χ2n) is 13.9. The number of morpholine rings is 1. The van der Waals surface area contributed by atoms with Gasteiger partial charge in [-0.05, 0) is 43.2 Å². The molecule has 0 saturated carbocycles. The molecular weight excluding hydrogens is 739 g/mol. The Kier molecular flexibility index (Phi) is 16.9. The molecule has 4 atom stereocenters. The summed E-state index contributed by atoms with van der Waals surface area (Å²) in [6, 6.07) is 18.2. The molecule has 2 aromatic carbocycles. The maximum absolute atomic E-state index is 14.2. The zero-order chi connectivity index (χ0) is 38.8. The Balaban J connectivity index is 1.28. The minimum absolute atomic E-state index is 0.000708. The van der Waals surface area contributed by atoms with Gasteiger partial charge >= 0.3 is 12.1 Å². The van der Waals surface area contributed by atoms with Gasteiger partial charge in [-0.25, -0.2) is 14.6 Å². The number of aliphatic hydroxyl groups excluding tert-OH is 1. The molecule has 0 aliphatic carbocycles. The number of amides is 4. The molecule has 0 spiro atoms. The number of nitrogens with zero attached hydrogens (tertiary/aromatic N) is 4. The summed E-state index contributed by atoms with van der Waals surface area (Å²) in [6.45, 7) is 5.72. The first-order valence-electron chi connectivity index (χ1n) is 18.8. The molecule has 0 bridgehead atoms. The Morgan fingerprint density at radius 2 is 1.58 bits per heavy atom. The lowest BCUT2D eigenvalue weighted by molar-refractivity contribution is -0.124. The third kappa shape index (κ3) is 14.3. The summed E-state index contributed by atoms with van der Waals surface area (Å²) in [4.78, 5) is 54.1. The van der Waals surface area contributed by atoms with Crippen molar-refractivity contribution in [3.63, 3.8) is 0 Å². The fourth-order valence-electron chi connectivity index (χ4n) is 6.29. The minimum atomic E-state index is -0.795. The second kappa shape index (κ2) is 22.2. The largest absolute Gasteiger partial charge is 0.444 e. The molecule has 2 aromatic heterocycles. The van der Waals surface area contributed by atoms with Crippen LogP contribution in [-0.2, 0) is 40.3 Å². The van der Waals surface area contributed by atoms with Crippen LogP contribution in [0.2, 0.25) is 0 Å². The number of hydrogen-bond acceptors (Lipinski definition) is 11. The number of ether oxygens (including phenoxy) is 2. The van der Waals surface area contributed by atoms with Crippen LogP contribution in [0, 0.1) is 0 Å². The average Bonchev–Trinajstić information content (AvgIpc) is 3.91. The van der Waals surface area contributed by atoms with Crippen LogP contribution in [-0.4, -0.2) is 108 Å². The summed E-state index contributed by atoms with van der Waals surface area (Å²) >= 11 is 2.88. The number of nitrogens with one attached hydrogen (secondary N) is 3. The van der Waals surface area contributed by atoms with Gasteiger partial charge in [-0.3, -0.25) is 14.7 Å². The van der Waals surface area contributed by atoms with E-state index in [4.69, 9.17) is 9.47 Å². The lowest BCUT2D eigenvalue weighted by Crippen LogP contribution is -2.54. The van der Waals surface area contributed by atoms with Gasteiger partial charge in [0.2, 0.25) is 5.91 Å². The van der Waals surface area contributed by atoms with Crippen LogP contribution < -0.4 is 16.0 Å². The molecule has 4 aromatic rings. The topological polar surface area (TPSA) is 158 Å². The molecular formula is C40H53N7O6S2. The Labute approximate surface area is 331 Å². The molecule has 55 heavy (non-hydrogen) atoms. The monoisotopic (exact) mass is 791 g/mol. The van der Waals surface area contributed by atoms with E-state index in [9.17, 15) is 19.5 Å². The maximum Gasteiger partial charge on any atom is 0.407 e. The van der Waals surface area contributed by atoms with Crippen LogP contribution in [0.15, 0.2) is 77.8 Å². The van der Waals surface area contributed by atoms with E-state index in [1.165, 1.54) is 27.6 Å². The van der Waals surface area contributed by atoms with Crippen LogP contribution >= 0.6 is 22.7 Å². The number of carbonyl (C=O) groups is 3. The van der Waals surface area contributed by atoms with E-state index in [2.05, 4.69) is 30.8 Å². The van der Waals surface area contributed by atoms with E-state index < -0.39 is 12.1 Å². The highest BCUT2D eigenvalue weighted by Crippen LogP contribution is 2.20. The third-order valence-electron chi connectivity index (χ3n) is 9.47. The van der Waals surface area contributed by atoms with Gasteiger partial charge in [-0.2, -0.15) is 0 Å². The molecule has 5 rings (SSSR count). The van der Waals surface area contributed by atoms with Crippen molar-refractivity contribution in [2.75, 3.05) is 46.5 Å². The fourth-order valence-corrected chi connectivity index (χ4v) is 7.66. The Bertz CT molecular complexity index is 1720. The maximum atomic E-state index is 14.2. The lowest BCUT2D eigenvalue weighted by atomic mass is 9.95. The number of thiazole rings is 2. The molecule has 1 saturated heterocycles. The number of benzene rings is 2. The van der Waals surface area contributed by atoms with E-state index in [1.807, 2.05) is 73.0 Å². The van der Waals surface area contributed by atoms with E-state index in [0.29, 0.717) is 51.9 Å². The SMILES string of the molecule is CC(CO)c1nc(CN(C)C(=O)NC(CCN2CCOCC2)C(=O)NC(CCC(Cc2ccccc2)NC(=O)OCc2cncs2)Cc2ccccc2)cs1. The van der Waals surface area contributed by atoms with Gasteiger partial charge < -0.3 is 35.4 Å². The van der Waals surface area contributed by atoms with Crippen LogP contribution in [0.1, 0.15) is 58.8 Å². The number of urea groups is 1. The predicted octanol–water partition coefficient (Wildman–Crippen LogP) is 4.97. The van der Waals surface area contributed by atoms with Crippen molar-refractivity contribution in [3.05, 3.63) is 104 Å². The van der Waals surface area contributed by atoms with Crippen molar-refractivity contribution >= 4 is 40.7 Å². The summed E-state index contributed by atoms with van der Waals surface area (Å²) in [5.41, 5.74) is 4.56. The van der Waals surface area contributed by atoms with Gasteiger partial charge in [0.1, 0.15) is 12.6 Å². The normalized spacial score (nSPS) is 15.3. The number of carbonyl (C=O) groups excluding carboxylic acids is 3. The van der Waals surface area contributed by atoms with Crippen LogP contribution in [0.3, 0.4) is 0 Å². The molecule has 296 valence electrons. The van der Waals surface area contributed by atoms with Gasteiger partial charge in [0.05, 0.1) is 47.5 Å². The summed E-state index contributed by atoms with van der Waals surface area (Å²) < 4.78 is 11.0. The van der Waals surface area contributed by atoms with Crippen LogP contribution in [0.25, 0.3) is 0 Å². The standard InChI is InChI=1S/C40H53N7O6S2/c1-29(25-48)38-43-34(27-54-38)24-46(2)39(50)45-36(15-16-47-17-19-52-20-18-47)37(49)42-32(21-30-9-5-3-6-10-30)13-14-33(22-31-11-7-4-8-12-31)44-40(51)53-26-35-23-41-28-55-35/h3-12,23,27-29,32-33,36,48H,13-22,24-26H2,1-2H3,(H,42,49)(H,44,51)(H,45,50). The first kappa shape index (κ1) is 41.7. The van der Waals surface area contributed by atoms with E-state index in [0.717, 1.165) is 39.8 Å². The molecule has 4 unspecified atom stereocenters. The summed E-state index contributed by atoms with van der Waals surface area (Å²) in [7, 11) is 1.68. The van der Waals surface area contributed by atoms with Crippen molar-refractivity contribution in [2.45, 2.75) is 76.2 Å². The lowest BCUT2D eigenvalue weighted by Gasteiger charge is -2.30. The number of rotatable bonds is 20. The summed E-state index contributed by atoms with van der Waals surface area (Å²) in [5, 5.41) is 21.6. The molecule has 1 fully saturated rings. The Morgan fingerprint density at radius 1 is 0.927 bits per heavy atom. The van der Waals surface area contributed by atoms with Crippen LogP contribution in [0.5, 0.6) is 0 Å². The fraction of sp³-hybridized carbons (Fsp3) is 0.475. The first-order valence-corrected chi connectivity index (χ1v) is 20.6. The van der Waals surface area contributed by atoms with Gasteiger partial charge in [-0.1, -0.05) is 67.6 Å². The molecule has 1 aliphatic rings. The zero-order valence-corrected chi connectivity index (χ0v) is 33.2. The number of hydrogen-bond donors (Lipinski definition) is 4. The highest BCUT2D eigenvalue weighted by molar-refractivity contribution is 7.09. The Hall–Kier alpha value is -4.41. The summed E-state index contributed by atoms with van der Waals surface area (Å²) in [6.07, 6.45) is 3.89. The zero-order valence-electron chi connectivity index (χ0n) is 31.6. The third-order valence-corrected chi connectivity index (χ3v) is 11.4. The molecule has 3 heterocycles.